The molecule has 0 amide bonds. The topological polar surface area (TPSA) is 76.4 Å². The fraction of sp³-hybridized carbons (Fsp3) is 0.129. The summed E-state index contributed by atoms with van der Waals surface area (Å²) in [5.74, 6) is -0.956. The number of thiazole rings is 1. The first-order valence-corrected chi connectivity index (χ1v) is 13.4. The maximum Gasteiger partial charge on any atom is 0.338 e. The maximum atomic E-state index is 14.0. The predicted octanol–water partition coefficient (Wildman–Crippen LogP) is 5.09. The number of halogens is 1. The highest BCUT2D eigenvalue weighted by Gasteiger charge is 2.33. The van der Waals surface area contributed by atoms with Crippen molar-refractivity contribution in [3.8, 4) is 11.3 Å². The molecule has 3 aromatic carbocycles. The highest BCUT2D eigenvalue weighted by molar-refractivity contribution is 7.07. The van der Waals surface area contributed by atoms with Crippen molar-refractivity contribution in [3.63, 3.8) is 0 Å². The number of aromatic nitrogens is 2. The lowest BCUT2D eigenvalue weighted by Crippen LogP contribution is -2.39. The molecule has 0 spiro atoms. The van der Waals surface area contributed by atoms with Gasteiger partial charge in [-0.3, -0.25) is 9.36 Å². The van der Waals surface area contributed by atoms with Gasteiger partial charge in [-0.25, -0.2) is 14.2 Å². The largest absolute Gasteiger partial charge is 0.463 e. The van der Waals surface area contributed by atoms with Gasteiger partial charge in [0, 0.05) is 16.5 Å². The van der Waals surface area contributed by atoms with Crippen LogP contribution in [-0.2, 0) is 9.53 Å². The molecule has 0 unspecified atom stereocenters. The highest BCUT2D eigenvalue weighted by atomic mass is 32.1. The van der Waals surface area contributed by atoms with Gasteiger partial charge < -0.3 is 9.72 Å². The van der Waals surface area contributed by atoms with Crippen LogP contribution in [0.5, 0.6) is 0 Å². The van der Waals surface area contributed by atoms with E-state index < -0.39 is 17.8 Å². The first-order chi connectivity index (χ1) is 19.0. The Labute approximate surface area is 227 Å². The SMILES string of the molecule is CCOC(=O)C1=C(C)N=c2s/c(=C\c3c(-c4ccccc4)[nH]c4ccccc34)c(=O)n2[C@@H]1c1ccc(F)cc1. The van der Waals surface area contributed by atoms with E-state index in [1.165, 1.54) is 28.0 Å². The second kappa shape index (κ2) is 9.96. The van der Waals surface area contributed by atoms with Gasteiger partial charge in [0.05, 0.1) is 34.1 Å². The summed E-state index contributed by atoms with van der Waals surface area (Å²) in [6.07, 6.45) is 1.89. The molecule has 39 heavy (non-hydrogen) atoms. The van der Waals surface area contributed by atoms with Crippen molar-refractivity contribution in [1.82, 2.24) is 9.55 Å². The van der Waals surface area contributed by atoms with Crippen LogP contribution in [0.25, 0.3) is 28.2 Å². The van der Waals surface area contributed by atoms with Crippen molar-refractivity contribution < 1.29 is 13.9 Å². The molecular weight excluding hydrogens is 513 g/mol. The zero-order valence-corrected chi connectivity index (χ0v) is 22.1. The van der Waals surface area contributed by atoms with Crippen LogP contribution in [0, 0.1) is 5.82 Å². The van der Waals surface area contributed by atoms with Gasteiger partial charge in [0.25, 0.3) is 5.56 Å². The Morgan fingerprint density at radius 3 is 2.54 bits per heavy atom. The van der Waals surface area contributed by atoms with E-state index in [0.29, 0.717) is 20.6 Å². The number of carbonyl (C=O) groups is 1. The third-order valence-electron chi connectivity index (χ3n) is 6.79. The van der Waals surface area contributed by atoms with Gasteiger partial charge in [-0.1, -0.05) is 72.0 Å². The zero-order valence-electron chi connectivity index (χ0n) is 21.3. The number of para-hydroxylation sites is 1. The highest BCUT2D eigenvalue weighted by Crippen LogP contribution is 2.32. The smallest absolute Gasteiger partial charge is 0.338 e. The fourth-order valence-corrected chi connectivity index (χ4v) is 6.06. The summed E-state index contributed by atoms with van der Waals surface area (Å²) < 4.78 is 21.1. The van der Waals surface area contributed by atoms with E-state index in [2.05, 4.69) is 9.98 Å². The number of esters is 1. The molecule has 5 aromatic rings. The number of allylic oxidation sites excluding steroid dienone is 1. The van der Waals surface area contributed by atoms with Crippen LogP contribution in [0.1, 0.15) is 31.0 Å². The van der Waals surface area contributed by atoms with Crippen LogP contribution in [0.2, 0.25) is 0 Å². The van der Waals surface area contributed by atoms with Crippen LogP contribution < -0.4 is 14.9 Å². The lowest BCUT2D eigenvalue weighted by Gasteiger charge is -2.24. The van der Waals surface area contributed by atoms with E-state index >= 15 is 0 Å². The van der Waals surface area contributed by atoms with Crippen molar-refractivity contribution in [2.45, 2.75) is 19.9 Å². The van der Waals surface area contributed by atoms with Gasteiger partial charge in [-0.2, -0.15) is 0 Å². The van der Waals surface area contributed by atoms with Crippen molar-refractivity contribution in [3.05, 3.63) is 127 Å². The standard InChI is InChI=1S/C31H24FN3O3S/c1-3-38-30(37)26-18(2)33-31-35(28(26)20-13-15-21(32)16-14-20)29(36)25(39-31)17-23-22-11-7-8-12-24(22)34-27(23)19-9-5-4-6-10-19/h4-17,28,34H,3H2,1-2H3/b25-17-/t28-/m1/s1. The Kier molecular flexibility index (Phi) is 6.32. The van der Waals surface area contributed by atoms with Crippen LogP contribution >= 0.6 is 11.3 Å². The van der Waals surface area contributed by atoms with E-state index in [4.69, 9.17) is 4.74 Å². The van der Waals surface area contributed by atoms with Crippen molar-refractivity contribution in [2.75, 3.05) is 6.61 Å². The third-order valence-corrected chi connectivity index (χ3v) is 7.77. The molecule has 194 valence electrons. The molecule has 2 aromatic heterocycles. The van der Waals surface area contributed by atoms with E-state index in [-0.39, 0.29) is 17.7 Å². The van der Waals surface area contributed by atoms with Crippen LogP contribution in [-0.4, -0.2) is 22.1 Å². The van der Waals surface area contributed by atoms with Crippen LogP contribution in [0.15, 0.2) is 99.9 Å². The molecule has 1 aliphatic rings. The number of benzene rings is 3. The minimum absolute atomic E-state index is 0.180. The van der Waals surface area contributed by atoms with Gasteiger partial charge in [-0.05, 0) is 49.2 Å². The average molecular weight is 538 g/mol. The second-order valence-corrected chi connectivity index (χ2v) is 10.2. The summed E-state index contributed by atoms with van der Waals surface area (Å²) >= 11 is 1.26. The van der Waals surface area contributed by atoms with E-state index in [9.17, 15) is 14.0 Å². The number of ether oxygens (including phenoxy) is 1. The average Bonchev–Trinajstić information content (AvgIpc) is 3.46. The van der Waals surface area contributed by atoms with Gasteiger partial charge in [0.1, 0.15) is 5.82 Å². The number of nitrogens with one attached hydrogen (secondary N) is 1. The van der Waals surface area contributed by atoms with Gasteiger partial charge >= 0.3 is 5.97 Å². The van der Waals surface area contributed by atoms with Gasteiger partial charge in [-0.15, -0.1) is 0 Å². The fourth-order valence-electron chi connectivity index (χ4n) is 5.03. The summed E-state index contributed by atoms with van der Waals surface area (Å²) in [6, 6.07) is 22.9. The number of hydrogen-bond donors (Lipinski definition) is 1. The molecule has 3 heterocycles. The number of fused-ring (bicyclic) bond motifs is 2. The number of H-pyrrole nitrogens is 1. The normalized spacial score (nSPS) is 15.4. The number of nitrogens with zero attached hydrogens (tertiary/aromatic N) is 2. The van der Waals surface area contributed by atoms with Gasteiger partial charge in [0.2, 0.25) is 0 Å². The summed E-state index contributed by atoms with van der Waals surface area (Å²) in [5.41, 5.74) is 4.79. The number of aromatic amines is 1. The van der Waals surface area contributed by atoms with Crippen molar-refractivity contribution in [2.24, 2.45) is 4.99 Å². The van der Waals surface area contributed by atoms with Gasteiger partial charge in [0.15, 0.2) is 4.80 Å². The minimum atomic E-state index is -0.792. The zero-order chi connectivity index (χ0) is 27.1. The van der Waals surface area contributed by atoms with Crippen molar-refractivity contribution in [1.29, 1.82) is 0 Å². The Balaban J connectivity index is 1.60. The van der Waals surface area contributed by atoms with Crippen molar-refractivity contribution >= 4 is 34.3 Å². The summed E-state index contributed by atoms with van der Waals surface area (Å²) in [7, 11) is 0. The molecule has 1 atom stereocenters. The first kappa shape index (κ1) is 24.8. The quantitative estimate of drug-likeness (QED) is 0.318. The van der Waals surface area contributed by atoms with E-state index in [1.807, 2.05) is 60.7 Å². The molecule has 0 fully saturated rings. The lowest BCUT2D eigenvalue weighted by molar-refractivity contribution is -0.139. The molecule has 1 N–H and O–H groups in total. The lowest BCUT2D eigenvalue weighted by atomic mass is 9.96. The predicted molar refractivity (Wildman–Crippen MR) is 151 cm³/mol. The molecule has 8 heteroatoms. The monoisotopic (exact) mass is 537 g/mol. The second-order valence-electron chi connectivity index (χ2n) is 9.18. The van der Waals surface area contributed by atoms with E-state index in [1.54, 1.807) is 26.0 Å². The molecule has 1 aliphatic heterocycles. The Morgan fingerprint density at radius 2 is 1.79 bits per heavy atom. The third kappa shape index (κ3) is 4.32. The molecular formula is C31H24FN3O3S. The van der Waals surface area contributed by atoms with Crippen LogP contribution in [0.4, 0.5) is 4.39 Å². The summed E-state index contributed by atoms with van der Waals surface area (Å²) in [4.78, 5) is 35.7. The molecule has 0 bridgehead atoms. The molecule has 0 radical (unpaired) electrons. The number of rotatable bonds is 5. The first-order valence-electron chi connectivity index (χ1n) is 12.6. The minimum Gasteiger partial charge on any atom is -0.463 e. The number of carbonyl (C=O) groups excluding carboxylic acids is 1. The Morgan fingerprint density at radius 1 is 1.08 bits per heavy atom. The summed E-state index contributed by atoms with van der Waals surface area (Å²) in [5, 5.41) is 0.987. The molecule has 0 saturated heterocycles. The Hall–Kier alpha value is -4.56. The summed E-state index contributed by atoms with van der Waals surface area (Å²) in [6.45, 7) is 3.63. The Bertz CT molecular complexity index is 1930. The molecule has 6 rings (SSSR count). The maximum absolute atomic E-state index is 14.0. The molecule has 0 aliphatic carbocycles. The molecule has 0 saturated carbocycles. The number of hydrogen-bond acceptors (Lipinski definition) is 5. The van der Waals surface area contributed by atoms with E-state index in [0.717, 1.165) is 27.7 Å². The molecule has 6 nitrogen and oxygen atoms in total. The van der Waals surface area contributed by atoms with Crippen LogP contribution in [0.3, 0.4) is 0 Å².